The number of hydrazone groups is 1. The summed E-state index contributed by atoms with van der Waals surface area (Å²) in [5, 5.41) is 16.6. The number of aromatic nitrogens is 1. The Morgan fingerprint density at radius 1 is 0.935 bits per heavy atom. The quantitative estimate of drug-likeness (QED) is 0.469. The molecular formula is C25H19N3O2S. The molecule has 5 nitrogen and oxygen atoms in total. The number of phenolic OH excluding ortho intramolecular Hbond substituents is 1. The summed E-state index contributed by atoms with van der Waals surface area (Å²) in [6.45, 7) is 0. The number of para-hydroxylation sites is 1. The van der Waals surface area contributed by atoms with Gasteiger partial charge in [-0.3, -0.25) is 9.78 Å². The Morgan fingerprint density at radius 2 is 1.71 bits per heavy atom. The van der Waals surface area contributed by atoms with Crippen LogP contribution in [0, 0.1) is 0 Å². The van der Waals surface area contributed by atoms with Crippen molar-refractivity contribution in [3.05, 3.63) is 107 Å². The molecule has 0 fully saturated rings. The molecule has 1 aliphatic rings. The highest BCUT2D eigenvalue weighted by atomic mass is 32.1. The smallest absolute Gasteiger partial charge is 0.284 e. The van der Waals surface area contributed by atoms with Crippen LogP contribution >= 0.6 is 11.3 Å². The SMILES string of the molecule is O=C(c1ccc(-c2ccccc2)s1)N1N=C(c2cccnc2)CC1c1ccccc1O. The fraction of sp³-hybridized carbons (Fsp3) is 0.0800. The number of thiophene rings is 1. The zero-order valence-electron chi connectivity index (χ0n) is 16.6. The van der Waals surface area contributed by atoms with Crippen LogP contribution in [0.3, 0.4) is 0 Å². The van der Waals surface area contributed by atoms with E-state index in [1.807, 2.05) is 66.7 Å². The lowest BCUT2D eigenvalue weighted by atomic mass is 9.98. The second-order valence-corrected chi connectivity index (χ2v) is 8.33. The van der Waals surface area contributed by atoms with Gasteiger partial charge in [-0.1, -0.05) is 54.6 Å². The van der Waals surface area contributed by atoms with E-state index < -0.39 is 0 Å². The van der Waals surface area contributed by atoms with Crippen molar-refractivity contribution in [3.8, 4) is 16.2 Å². The van der Waals surface area contributed by atoms with Crippen molar-refractivity contribution in [1.29, 1.82) is 0 Å². The monoisotopic (exact) mass is 425 g/mol. The third kappa shape index (κ3) is 3.73. The van der Waals surface area contributed by atoms with Gasteiger partial charge in [0.15, 0.2) is 0 Å². The zero-order chi connectivity index (χ0) is 21.2. The molecular weight excluding hydrogens is 406 g/mol. The molecule has 0 aliphatic carbocycles. The Kier molecular flexibility index (Phi) is 5.06. The van der Waals surface area contributed by atoms with Crippen LogP contribution in [0.5, 0.6) is 5.75 Å². The van der Waals surface area contributed by atoms with Crippen molar-refractivity contribution in [1.82, 2.24) is 9.99 Å². The van der Waals surface area contributed by atoms with Gasteiger partial charge in [-0.15, -0.1) is 11.3 Å². The van der Waals surface area contributed by atoms with Gasteiger partial charge in [0.05, 0.1) is 16.6 Å². The molecule has 0 spiro atoms. The van der Waals surface area contributed by atoms with E-state index >= 15 is 0 Å². The number of rotatable bonds is 4. The van der Waals surface area contributed by atoms with Gasteiger partial charge in [0.2, 0.25) is 0 Å². The first-order chi connectivity index (χ1) is 15.2. The van der Waals surface area contributed by atoms with Crippen LogP contribution in [0.2, 0.25) is 0 Å². The van der Waals surface area contributed by atoms with Crippen LogP contribution in [0.25, 0.3) is 10.4 Å². The molecule has 6 heteroatoms. The summed E-state index contributed by atoms with van der Waals surface area (Å²) in [5.74, 6) is -0.0246. The van der Waals surface area contributed by atoms with Crippen molar-refractivity contribution in [2.24, 2.45) is 5.10 Å². The number of carbonyl (C=O) groups is 1. The first kappa shape index (κ1) is 19.2. The van der Waals surface area contributed by atoms with Gasteiger partial charge >= 0.3 is 0 Å². The lowest BCUT2D eigenvalue weighted by Crippen LogP contribution is -2.26. The van der Waals surface area contributed by atoms with Crippen LogP contribution in [-0.2, 0) is 0 Å². The topological polar surface area (TPSA) is 65.8 Å². The average Bonchev–Trinajstić information content (AvgIpc) is 3.48. The molecule has 152 valence electrons. The number of carbonyl (C=O) groups excluding carboxylic acids is 1. The van der Waals surface area contributed by atoms with Gasteiger partial charge in [0, 0.05) is 34.8 Å². The van der Waals surface area contributed by atoms with Crippen LogP contribution in [0.1, 0.15) is 33.3 Å². The summed E-state index contributed by atoms with van der Waals surface area (Å²) in [4.78, 5) is 19.3. The second-order valence-electron chi connectivity index (χ2n) is 7.25. The third-order valence-corrected chi connectivity index (χ3v) is 6.41. The van der Waals surface area contributed by atoms with Crippen molar-refractivity contribution < 1.29 is 9.90 Å². The molecule has 1 amide bonds. The Balaban J connectivity index is 1.52. The zero-order valence-corrected chi connectivity index (χ0v) is 17.4. The molecule has 0 radical (unpaired) electrons. The predicted molar refractivity (Wildman–Crippen MR) is 122 cm³/mol. The minimum atomic E-state index is -0.383. The first-order valence-corrected chi connectivity index (χ1v) is 10.8. The Hall–Kier alpha value is -3.77. The van der Waals surface area contributed by atoms with E-state index in [4.69, 9.17) is 0 Å². The maximum Gasteiger partial charge on any atom is 0.284 e. The Labute approximate surface area is 183 Å². The average molecular weight is 426 g/mol. The summed E-state index contributed by atoms with van der Waals surface area (Å²) in [5.41, 5.74) is 3.40. The van der Waals surface area contributed by atoms with Crippen LogP contribution in [0.4, 0.5) is 0 Å². The van der Waals surface area contributed by atoms with E-state index in [0.717, 1.165) is 21.7 Å². The molecule has 2 aromatic carbocycles. The number of hydrogen-bond acceptors (Lipinski definition) is 5. The Morgan fingerprint density at radius 3 is 2.48 bits per heavy atom. The largest absolute Gasteiger partial charge is 0.508 e. The fourth-order valence-corrected chi connectivity index (χ4v) is 4.68. The minimum Gasteiger partial charge on any atom is -0.508 e. The number of aromatic hydroxyl groups is 1. The van der Waals surface area contributed by atoms with E-state index in [0.29, 0.717) is 16.9 Å². The van der Waals surface area contributed by atoms with E-state index in [1.54, 1.807) is 24.5 Å². The van der Waals surface area contributed by atoms with Crippen LogP contribution < -0.4 is 0 Å². The molecule has 31 heavy (non-hydrogen) atoms. The summed E-state index contributed by atoms with van der Waals surface area (Å²) in [7, 11) is 0. The van der Waals surface area contributed by atoms with Crippen molar-refractivity contribution in [2.45, 2.75) is 12.5 Å². The number of amides is 1. The Bertz CT molecular complexity index is 1250. The van der Waals surface area contributed by atoms with Crippen LogP contribution in [0.15, 0.2) is 96.4 Å². The van der Waals surface area contributed by atoms with Crippen molar-refractivity contribution in [3.63, 3.8) is 0 Å². The lowest BCUT2D eigenvalue weighted by Gasteiger charge is -2.22. The number of benzene rings is 2. The third-order valence-electron chi connectivity index (χ3n) is 5.28. The maximum atomic E-state index is 13.5. The number of pyridine rings is 1. The molecule has 0 saturated carbocycles. The van der Waals surface area contributed by atoms with E-state index in [2.05, 4.69) is 10.1 Å². The molecule has 0 bridgehead atoms. The van der Waals surface area contributed by atoms with Gasteiger partial charge in [-0.2, -0.15) is 5.10 Å². The highest BCUT2D eigenvalue weighted by Gasteiger charge is 2.35. The molecule has 1 N–H and O–H groups in total. The molecule has 1 aliphatic heterocycles. The summed E-state index contributed by atoms with van der Waals surface area (Å²) < 4.78 is 0. The standard InChI is InChI=1S/C25H19N3O2S/c29-22-11-5-4-10-19(22)21-15-20(18-9-6-14-26-16-18)27-28(21)25(30)24-13-12-23(31-24)17-7-2-1-3-8-17/h1-14,16,21,29H,15H2. The molecule has 1 unspecified atom stereocenters. The van der Waals surface area contributed by atoms with Gasteiger partial charge in [0.1, 0.15) is 5.75 Å². The maximum absolute atomic E-state index is 13.5. The molecule has 4 aromatic rings. The summed E-state index contributed by atoms with van der Waals surface area (Å²) in [6, 6.07) is 24.3. The minimum absolute atomic E-state index is 0.157. The lowest BCUT2D eigenvalue weighted by molar-refractivity contribution is 0.0714. The van der Waals surface area contributed by atoms with Gasteiger partial charge in [0.25, 0.3) is 5.91 Å². The van der Waals surface area contributed by atoms with E-state index in [1.165, 1.54) is 16.3 Å². The highest BCUT2D eigenvalue weighted by molar-refractivity contribution is 7.17. The van der Waals surface area contributed by atoms with Gasteiger partial charge in [-0.05, 0) is 29.8 Å². The molecule has 0 saturated heterocycles. The molecule has 3 heterocycles. The first-order valence-electron chi connectivity index (χ1n) is 9.95. The second kappa shape index (κ2) is 8.16. The van der Waals surface area contributed by atoms with Crippen LogP contribution in [-0.4, -0.2) is 26.7 Å². The molecule has 1 atom stereocenters. The number of phenols is 1. The molecule has 5 rings (SSSR count). The van der Waals surface area contributed by atoms with Crippen molar-refractivity contribution in [2.75, 3.05) is 0 Å². The highest BCUT2D eigenvalue weighted by Crippen LogP contribution is 2.39. The number of nitrogens with zero attached hydrogens (tertiary/aromatic N) is 3. The normalized spacial score (nSPS) is 15.7. The van der Waals surface area contributed by atoms with Gasteiger partial charge < -0.3 is 5.11 Å². The molecule has 2 aromatic heterocycles. The summed E-state index contributed by atoms with van der Waals surface area (Å²) >= 11 is 1.44. The van der Waals surface area contributed by atoms with Crippen molar-refractivity contribution >= 4 is 23.0 Å². The predicted octanol–water partition coefficient (Wildman–Crippen LogP) is 5.51. The van der Waals surface area contributed by atoms with Gasteiger partial charge in [-0.25, -0.2) is 5.01 Å². The number of hydrogen-bond donors (Lipinski definition) is 1. The van der Waals surface area contributed by atoms with E-state index in [9.17, 15) is 9.90 Å². The fourth-order valence-electron chi connectivity index (χ4n) is 3.74. The van der Waals surface area contributed by atoms with E-state index in [-0.39, 0.29) is 17.7 Å². The summed E-state index contributed by atoms with van der Waals surface area (Å²) in [6.07, 6.45) is 3.96.